The van der Waals surface area contributed by atoms with Crippen molar-refractivity contribution in [2.45, 2.75) is 50.0 Å². The topological polar surface area (TPSA) is 223 Å². The van der Waals surface area contributed by atoms with E-state index in [0.717, 1.165) is 12.1 Å². The normalized spacial score (nSPS) is 15.8. The van der Waals surface area contributed by atoms with E-state index in [9.17, 15) is 50.6 Å². The van der Waals surface area contributed by atoms with Crippen molar-refractivity contribution < 1.29 is 60.8 Å². The van der Waals surface area contributed by atoms with E-state index in [4.69, 9.17) is 15.9 Å². The molecule has 2 aliphatic rings. The molecular formula is C42H39F6IN6O7S14. The van der Waals surface area contributed by atoms with E-state index in [-0.39, 0.29) is 78.5 Å². The van der Waals surface area contributed by atoms with Crippen LogP contribution in [-0.4, -0.2) is 86.4 Å². The van der Waals surface area contributed by atoms with Crippen LogP contribution in [0, 0.1) is 34.9 Å². The van der Waals surface area contributed by atoms with Crippen molar-refractivity contribution in [3.63, 3.8) is 0 Å². The second kappa shape index (κ2) is 35.0. The summed E-state index contributed by atoms with van der Waals surface area (Å²) in [7, 11) is 16.3. The van der Waals surface area contributed by atoms with Crippen molar-refractivity contribution in [1.29, 1.82) is 0 Å². The quantitative estimate of drug-likeness (QED) is 0.0703. The molecule has 4 atom stereocenters. The molecule has 2 aliphatic heterocycles. The van der Waals surface area contributed by atoms with Crippen molar-refractivity contribution in [3.05, 3.63) is 119 Å². The highest BCUT2D eigenvalue weighted by molar-refractivity contribution is 14.0. The number of fused-ring (bicyclic) bond motifs is 2. The van der Waals surface area contributed by atoms with Crippen molar-refractivity contribution in [3.8, 4) is 22.5 Å². The minimum absolute atomic E-state index is 0. The maximum absolute atomic E-state index is 14.3. The molecule has 0 unspecified atom stereocenters. The number of rotatable bonds is 9. The molecule has 34 heteroatoms. The van der Waals surface area contributed by atoms with E-state index < -0.39 is 77.0 Å². The number of hydrogen-bond donors (Lipinski definition) is 9. The standard InChI is InChI=1S/C21H18F3N3O3.C17H12F3NO2.C4H8N2O2.HI.S12.S2/c22-11-3-1-10(2-4-11)18-13(14-7-12(23)8-15(24)19(14)27-18)5-6-17(29)26-20-16(28)9-25-21(20)30;18-10-3-1-9(2-4-10)16-12(5-6-15(22)23)13-7-11(19)8-14(20)17(13)21-16;5-3-2(7)1-6-4(3)8;;1-3-5-7-9-11-12-10-8-6-4-2;1-2/h1-4,7-8,16,20,27-28H,5-6,9H2,(H,25,30)(H,26,29);1-4,7-8,21H,5-6H2,(H,22,23);2-3,7H,1,5H2,(H,6,8);1H;;/t16-,20+;;2-,3+;;;/m1.1.../s1. The highest BCUT2D eigenvalue weighted by Gasteiger charge is 2.34. The highest BCUT2D eigenvalue weighted by atomic mass is 127. The molecule has 2 aromatic heterocycles. The number of carbonyl (C=O) groups is 4. The van der Waals surface area contributed by atoms with Crippen molar-refractivity contribution in [2.24, 2.45) is 5.73 Å². The van der Waals surface area contributed by atoms with Crippen LogP contribution < -0.4 is 21.7 Å². The number of hydrogen-bond acceptors (Lipinski definition) is 11. The molecule has 4 aromatic carbocycles. The highest BCUT2D eigenvalue weighted by Crippen LogP contribution is 2.35. The summed E-state index contributed by atoms with van der Waals surface area (Å²) in [6.45, 7) is 0.347. The van der Waals surface area contributed by atoms with Crippen LogP contribution in [0.3, 0.4) is 0 Å². The number of amides is 3. The van der Waals surface area contributed by atoms with Crippen LogP contribution in [0.2, 0.25) is 0 Å². The van der Waals surface area contributed by atoms with Crippen LogP contribution in [0.1, 0.15) is 24.0 Å². The fraction of sp³-hybridized carbons (Fsp3) is 0.238. The van der Waals surface area contributed by atoms with Gasteiger partial charge in [0.25, 0.3) is 0 Å². The Bertz CT molecular complexity index is 3480. The summed E-state index contributed by atoms with van der Waals surface area (Å²) in [6, 6.07) is 13.1. The number of carboxylic acid groups (broad SMARTS) is 1. The Kier molecular flexibility index (Phi) is 31.0. The summed E-state index contributed by atoms with van der Waals surface area (Å²) in [5, 5.41) is 35.3. The molecule has 0 saturated carbocycles. The number of nitrogens with one attached hydrogen (secondary N) is 5. The monoisotopic (exact) mass is 1430 g/mol. The molecular weight excluding hydrogens is 1390 g/mol. The van der Waals surface area contributed by atoms with E-state index in [1.807, 2.05) is 0 Å². The molecule has 10 N–H and O–H groups in total. The molecule has 412 valence electrons. The second-order valence-electron chi connectivity index (χ2n) is 14.9. The third kappa shape index (κ3) is 20.6. The first-order valence-corrected chi connectivity index (χ1v) is 36.7. The van der Waals surface area contributed by atoms with Gasteiger partial charge in [0.2, 0.25) is 17.7 Å². The molecule has 8 rings (SSSR count). The Morgan fingerprint density at radius 2 is 1.00 bits per heavy atom. The lowest BCUT2D eigenvalue weighted by atomic mass is 10.0. The average molecular weight is 1430 g/mol. The number of aromatic nitrogens is 2. The van der Waals surface area contributed by atoms with Gasteiger partial charge in [-0.25, -0.2) is 26.3 Å². The van der Waals surface area contributed by atoms with Gasteiger partial charge in [-0.1, -0.05) is 0 Å². The average Bonchev–Trinajstić information content (AvgIpc) is 4.12. The molecule has 76 heavy (non-hydrogen) atoms. The van der Waals surface area contributed by atoms with Crippen LogP contribution >= 0.6 is 24.0 Å². The molecule has 0 aliphatic carbocycles. The van der Waals surface area contributed by atoms with Gasteiger partial charge in [-0.2, -0.15) is 0 Å². The number of benzene rings is 4. The van der Waals surface area contributed by atoms with Gasteiger partial charge < -0.3 is 47.0 Å². The van der Waals surface area contributed by atoms with Crippen LogP contribution in [0.4, 0.5) is 26.3 Å². The Balaban J connectivity index is 0.000000291. The second-order valence-corrected chi connectivity index (χ2v) is 32.6. The van der Waals surface area contributed by atoms with Gasteiger partial charge in [0.15, 0.2) is 0 Å². The number of aliphatic hydroxyl groups is 2. The number of aliphatic hydroxyl groups excluding tert-OH is 2. The number of H-pyrrole nitrogens is 2. The molecule has 0 spiro atoms. The van der Waals surface area contributed by atoms with Gasteiger partial charge in [0.05, 0.1) is 17.1 Å². The summed E-state index contributed by atoms with van der Waals surface area (Å²) in [5.41, 5.74) is 8.35. The van der Waals surface area contributed by atoms with E-state index >= 15 is 0 Å². The Labute approximate surface area is 494 Å². The first kappa shape index (κ1) is 67.4. The first-order chi connectivity index (χ1) is 35.9. The van der Waals surface area contributed by atoms with E-state index in [1.54, 1.807) is 71.0 Å². The van der Waals surface area contributed by atoms with Crippen LogP contribution in [0.25, 0.3) is 44.3 Å². The predicted octanol–water partition coefficient (Wildman–Crippen LogP) is 4.82. The van der Waals surface area contributed by atoms with Crippen molar-refractivity contribution in [1.82, 2.24) is 25.9 Å². The number of aryl methyl sites for hydroxylation is 2. The third-order valence-corrected chi connectivity index (χ3v) is 30.2. The van der Waals surface area contributed by atoms with Crippen LogP contribution in [-0.2, 0) is 166 Å². The molecule has 4 heterocycles. The van der Waals surface area contributed by atoms with Crippen LogP contribution in [0.15, 0.2) is 72.8 Å². The molecule has 0 radical (unpaired) electrons. The zero-order valence-electron chi connectivity index (χ0n) is 37.9. The summed E-state index contributed by atoms with van der Waals surface area (Å²) in [5.74, 6) is -6.15. The SMILES string of the molecule is I.N[C@@H]1C(=O)NC[C@H]1O.O=C(CCc1c(-c2ccc(F)cc2)[nH]c2c(F)cc(F)cc12)N[C@@H]1C(=O)NC[C@H]1O.O=C(O)CCc1c(-c2ccc(F)cc2)[nH]c2c(F)cc(F)cc12.S=S.S=S=S=S=S=S=S=S=S=S=S=S. The summed E-state index contributed by atoms with van der Waals surface area (Å²) < 4.78 is 82.0. The van der Waals surface area contributed by atoms with Gasteiger partial charge in [-0.3, -0.25) is 19.2 Å². The van der Waals surface area contributed by atoms with Gasteiger partial charge in [0.1, 0.15) is 53.1 Å². The molecule has 3 amide bonds. The largest absolute Gasteiger partial charge is 0.481 e. The first-order valence-electron chi connectivity index (χ1n) is 20.7. The lowest BCUT2D eigenvalue weighted by Crippen LogP contribution is -2.45. The fourth-order valence-corrected chi connectivity index (χ4v) is 28.9. The molecule has 2 saturated heterocycles. The zero-order chi connectivity index (χ0) is 55.2. The number of carbonyl (C=O) groups excluding carboxylic acids is 3. The maximum Gasteiger partial charge on any atom is 0.303 e. The predicted molar refractivity (Wildman–Crippen MR) is 328 cm³/mol. The maximum atomic E-state index is 14.3. The summed E-state index contributed by atoms with van der Waals surface area (Å²) in [4.78, 5) is 51.0. The lowest BCUT2D eigenvalue weighted by Gasteiger charge is -2.13. The fourth-order valence-electron chi connectivity index (χ4n) is 6.99. The van der Waals surface area contributed by atoms with E-state index in [0.29, 0.717) is 45.6 Å². The number of aliphatic carboxylic acids is 1. The summed E-state index contributed by atoms with van der Waals surface area (Å²) >= 11 is 16.7. The van der Waals surface area contributed by atoms with Gasteiger partial charge in [-0.15, -0.1) is 24.0 Å². The molecule has 6 aromatic rings. The third-order valence-electron chi connectivity index (χ3n) is 10.2. The van der Waals surface area contributed by atoms with Crippen molar-refractivity contribution >= 4 is 203 Å². The van der Waals surface area contributed by atoms with E-state index in [1.165, 1.54) is 78.4 Å². The number of carboxylic acids is 1. The minimum Gasteiger partial charge on any atom is -0.481 e. The van der Waals surface area contributed by atoms with E-state index in [2.05, 4.69) is 70.7 Å². The summed E-state index contributed by atoms with van der Waals surface area (Å²) in [6.07, 6.45) is -1.78. The Morgan fingerprint density at radius 1 is 0.605 bits per heavy atom. The van der Waals surface area contributed by atoms with Crippen LogP contribution in [0.5, 0.6) is 0 Å². The molecule has 13 nitrogen and oxygen atoms in total. The number of aromatic amines is 2. The Hall–Kier alpha value is -2.89. The zero-order valence-corrected chi connectivity index (χ0v) is 51.7. The number of nitrogens with two attached hydrogens (primary N) is 1. The molecule has 0 bridgehead atoms. The van der Waals surface area contributed by atoms with Crippen molar-refractivity contribution in [2.75, 3.05) is 13.1 Å². The number of halogens is 7. The lowest BCUT2D eigenvalue weighted by molar-refractivity contribution is -0.137. The Morgan fingerprint density at radius 3 is 1.34 bits per heavy atom. The molecule has 2 fully saturated rings. The minimum atomic E-state index is -1.04. The van der Waals surface area contributed by atoms with Gasteiger partial charge in [0, 0.05) is 194 Å². The number of β-amino-alcohol motifs (C(OH)–C–C–N with tert-alkyl or cyclic N) is 2. The van der Waals surface area contributed by atoms with Gasteiger partial charge in [-0.05, 0) is 95.8 Å². The smallest absolute Gasteiger partial charge is 0.303 e. The van der Waals surface area contributed by atoms with Gasteiger partial charge >= 0.3 is 5.97 Å².